The molecule has 0 aliphatic carbocycles. The third kappa shape index (κ3) is 6.74. The molecule has 0 aromatic rings. The van der Waals surface area contributed by atoms with Crippen LogP contribution < -0.4 is 5.32 Å². The number of carboxylic acid groups (broad SMARTS) is 1. The number of carbonyl (C=O) groups is 3. The number of nitrogens with one attached hydrogen (secondary N) is 1. The number of amides is 2. The minimum Gasteiger partial charge on any atom is -0.480 e. The molecule has 0 aromatic heterocycles. The summed E-state index contributed by atoms with van der Waals surface area (Å²) in [5.74, 6) is -1.12. The monoisotopic (exact) mass is 344 g/mol. The lowest BCUT2D eigenvalue weighted by molar-refractivity contribution is -0.139. The van der Waals surface area contributed by atoms with Crippen LogP contribution in [0.3, 0.4) is 0 Å². The first-order valence-corrected chi connectivity index (χ1v) is 7.98. The molecule has 0 saturated carbocycles. The molecular formula is C16H28N2O6. The summed E-state index contributed by atoms with van der Waals surface area (Å²) in [6.45, 7) is 10.7. The molecule has 2 amide bonds. The minimum atomic E-state index is -0.946. The largest absolute Gasteiger partial charge is 0.480 e. The molecule has 1 saturated heterocycles. The van der Waals surface area contributed by atoms with Gasteiger partial charge in [-0.3, -0.25) is 4.79 Å². The lowest BCUT2D eigenvalue weighted by atomic mass is 10.1. The van der Waals surface area contributed by atoms with Gasteiger partial charge in [-0.25, -0.2) is 14.5 Å². The Morgan fingerprint density at radius 2 is 1.50 bits per heavy atom. The molecule has 1 rings (SSSR count). The molecule has 0 radical (unpaired) electrons. The molecular weight excluding hydrogens is 316 g/mol. The summed E-state index contributed by atoms with van der Waals surface area (Å²) >= 11 is 0. The molecule has 1 heterocycles. The first-order valence-electron chi connectivity index (χ1n) is 7.98. The second-order valence-corrected chi connectivity index (χ2v) is 7.97. The number of hydrogen-bond acceptors (Lipinski definition) is 6. The molecule has 24 heavy (non-hydrogen) atoms. The van der Waals surface area contributed by atoms with Gasteiger partial charge in [-0.05, 0) is 53.9 Å². The highest BCUT2D eigenvalue weighted by molar-refractivity contribution is 5.88. The molecule has 138 valence electrons. The Balaban J connectivity index is 2.83. The van der Waals surface area contributed by atoms with Crippen LogP contribution in [0.15, 0.2) is 0 Å². The van der Waals surface area contributed by atoms with Crippen LogP contribution in [0.4, 0.5) is 9.59 Å². The van der Waals surface area contributed by atoms with Crippen molar-refractivity contribution >= 4 is 18.2 Å². The van der Waals surface area contributed by atoms with Crippen molar-refractivity contribution in [1.29, 1.82) is 0 Å². The number of nitrogens with zero attached hydrogens (tertiary/aromatic N) is 1. The van der Waals surface area contributed by atoms with Gasteiger partial charge in [-0.15, -0.1) is 0 Å². The average molecular weight is 344 g/mol. The third-order valence-corrected chi connectivity index (χ3v) is 3.19. The fraction of sp³-hybridized carbons (Fsp3) is 0.812. The lowest BCUT2D eigenvalue weighted by Gasteiger charge is -2.29. The van der Waals surface area contributed by atoms with E-state index < -0.39 is 35.4 Å². The van der Waals surface area contributed by atoms with Gasteiger partial charge in [0.25, 0.3) is 0 Å². The van der Waals surface area contributed by atoms with Crippen LogP contribution >= 0.6 is 0 Å². The van der Waals surface area contributed by atoms with Crippen molar-refractivity contribution in [3.8, 4) is 0 Å². The van der Waals surface area contributed by atoms with Crippen LogP contribution in [0.2, 0.25) is 0 Å². The molecule has 0 bridgehead atoms. The van der Waals surface area contributed by atoms with Gasteiger partial charge in [0.15, 0.2) is 0 Å². The number of carboxylic acids is 1. The SMILES string of the molecule is CC(C)(C)OC(=O)N(C[C@H]1CN[C@H](C(=O)O)C1)C(=O)OC(C)(C)C. The van der Waals surface area contributed by atoms with E-state index in [1.165, 1.54) is 0 Å². The zero-order chi connectivity index (χ0) is 18.7. The van der Waals surface area contributed by atoms with Gasteiger partial charge in [0.1, 0.15) is 17.2 Å². The second-order valence-electron chi connectivity index (χ2n) is 7.97. The van der Waals surface area contributed by atoms with Crippen molar-refractivity contribution in [2.24, 2.45) is 5.92 Å². The number of ether oxygens (including phenoxy) is 2. The Kier molecular flexibility index (Phi) is 6.21. The highest BCUT2D eigenvalue weighted by Crippen LogP contribution is 2.20. The Morgan fingerprint density at radius 3 is 1.83 bits per heavy atom. The van der Waals surface area contributed by atoms with Gasteiger partial charge in [-0.2, -0.15) is 0 Å². The Labute approximate surface area is 142 Å². The Morgan fingerprint density at radius 1 is 1.04 bits per heavy atom. The summed E-state index contributed by atoms with van der Waals surface area (Å²) in [5.41, 5.74) is -1.51. The number of carbonyl (C=O) groups excluding carboxylic acids is 2. The normalized spacial score (nSPS) is 21.2. The molecule has 8 nitrogen and oxygen atoms in total. The van der Waals surface area contributed by atoms with E-state index >= 15 is 0 Å². The van der Waals surface area contributed by atoms with Crippen LogP contribution in [0, 0.1) is 5.92 Å². The first-order chi connectivity index (χ1) is 10.8. The van der Waals surface area contributed by atoms with Crippen LogP contribution in [-0.2, 0) is 14.3 Å². The fourth-order valence-corrected chi connectivity index (χ4v) is 2.25. The number of hydrogen-bond donors (Lipinski definition) is 2. The molecule has 2 atom stereocenters. The molecule has 0 unspecified atom stereocenters. The van der Waals surface area contributed by atoms with Gasteiger partial charge < -0.3 is 19.9 Å². The van der Waals surface area contributed by atoms with Crippen LogP contribution in [0.1, 0.15) is 48.0 Å². The van der Waals surface area contributed by atoms with E-state index in [0.717, 1.165) is 4.90 Å². The molecule has 2 N–H and O–H groups in total. The van der Waals surface area contributed by atoms with Gasteiger partial charge in [0.2, 0.25) is 0 Å². The lowest BCUT2D eigenvalue weighted by Crippen LogP contribution is -2.46. The summed E-state index contributed by atoms with van der Waals surface area (Å²) < 4.78 is 10.5. The smallest absolute Gasteiger partial charge is 0.419 e. The van der Waals surface area contributed by atoms with Gasteiger partial charge in [0, 0.05) is 13.1 Å². The highest BCUT2D eigenvalue weighted by Gasteiger charge is 2.36. The molecule has 1 aliphatic rings. The molecule has 1 aliphatic heterocycles. The summed E-state index contributed by atoms with van der Waals surface area (Å²) in [6.07, 6.45) is -1.26. The zero-order valence-electron chi connectivity index (χ0n) is 15.2. The summed E-state index contributed by atoms with van der Waals surface area (Å²) in [6, 6.07) is -0.672. The van der Waals surface area contributed by atoms with Crippen LogP contribution in [0.25, 0.3) is 0 Å². The summed E-state index contributed by atoms with van der Waals surface area (Å²) in [7, 11) is 0. The zero-order valence-corrected chi connectivity index (χ0v) is 15.2. The summed E-state index contributed by atoms with van der Waals surface area (Å²) in [5, 5.41) is 11.9. The van der Waals surface area contributed by atoms with E-state index in [1.807, 2.05) is 0 Å². The van der Waals surface area contributed by atoms with Gasteiger partial charge >= 0.3 is 18.2 Å². The van der Waals surface area contributed by atoms with Crippen molar-refractivity contribution in [3.63, 3.8) is 0 Å². The van der Waals surface area contributed by atoms with E-state index in [4.69, 9.17) is 14.6 Å². The van der Waals surface area contributed by atoms with Crippen molar-refractivity contribution in [1.82, 2.24) is 10.2 Å². The summed E-state index contributed by atoms with van der Waals surface area (Å²) in [4.78, 5) is 36.6. The number of imide groups is 1. The number of aliphatic carboxylic acids is 1. The Bertz CT molecular complexity index is 464. The van der Waals surface area contributed by atoms with Gasteiger partial charge in [0.05, 0.1) is 0 Å². The van der Waals surface area contributed by atoms with Crippen LogP contribution in [-0.4, -0.2) is 58.5 Å². The van der Waals surface area contributed by atoms with E-state index in [1.54, 1.807) is 41.5 Å². The molecule has 0 aromatic carbocycles. The van der Waals surface area contributed by atoms with E-state index in [-0.39, 0.29) is 12.5 Å². The van der Waals surface area contributed by atoms with Crippen LogP contribution in [0.5, 0.6) is 0 Å². The highest BCUT2D eigenvalue weighted by atomic mass is 16.6. The van der Waals surface area contributed by atoms with Gasteiger partial charge in [-0.1, -0.05) is 0 Å². The molecule has 1 fully saturated rings. The van der Waals surface area contributed by atoms with Crippen molar-refractivity contribution in [2.45, 2.75) is 65.2 Å². The van der Waals surface area contributed by atoms with Crippen molar-refractivity contribution < 1.29 is 29.0 Å². The molecule has 0 spiro atoms. The topological polar surface area (TPSA) is 105 Å². The standard InChI is InChI=1S/C16H28N2O6/c1-15(2,3)23-13(21)18(14(22)24-16(4,5)6)9-10-7-11(12(19)20)17-8-10/h10-11,17H,7-9H2,1-6H3,(H,19,20)/t10-,11+/m1/s1. The maximum atomic E-state index is 12.4. The van der Waals surface area contributed by atoms with E-state index in [9.17, 15) is 14.4 Å². The average Bonchev–Trinajstić information content (AvgIpc) is 2.79. The predicted molar refractivity (Wildman–Crippen MR) is 86.7 cm³/mol. The number of rotatable bonds is 3. The van der Waals surface area contributed by atoms with E-state index in [0.29, 0.717) is 13.0 Å². The second kappa shape index (κ2) is 7.38. The third-order valence-electron chi connectivity index (χ3n) is 3.19. The van der Waals surface area contributed by atoms with Crippen molar-refractivity contribution in [2.75, 3.05) is 13.1 Å². The Hall–Kier alpha value is -1.83. The quantitative estimate of drug-likeness (QED) is 0.808. The minimum absolute atomic E-state index is 0.0423. The maximum absolute atomic E-state index is 12.4. The first kappa shape index (κ1) is 20.2. The van der Waals surface area contributed by atoms with E-state index in [2.05, 4.69) is 5.32 Å². The maximum Gasteiger partial charge on any atom is 0.419 e. The van der Waals surface area contributed by atoms with Crippen molar-refractivity contribution in [3.05, 3.63) is 0 Å². The fourth-order valence-electron chi connectivity index (χ4n) is 2.25. The molecule has 8 heteroatoms. The predicted octanol–water partition coefficient (Wildman–Crippen LogP) is 2.22.